The molecule has 26 heavy (non-hydrogen) atoms. The number of carboxylic acids is 1. The first kappa shape index (κ1) is 18.0. The molecule has 1 aliphatic rings. The number of benzene rings is 1. The molecule has 1 amide bonds. The second kappa shape index (κ2) is 7.61. The first-order chi connectivity index (χ1) is 12.5. The van der Waals surface area contributed by atoms with Crippen molar-refractivity contribution in [1.29, 1.82) is 0 Å². The number of halogens is 1. The van der Waals surface area contributed by atoms with Crippen LogP contribution in [0.5, 0.6) is 0 Å². The van der Waals surface area contributed by atoms with E-state index in [-0.39, 0.29) is 43.6 Å². The molecule has 0 radical (unpaired) electrons. The van der Waals surface area contributed by atoms with Gasteiger partial charge in [0.25, 0.3) is 0 Å². The van der Waals surface area contributed by atoms with Gasteiger partial charge < -0.3 is 19.3 Å². The van der Waals surface area contributed by atoms with E-state index in [2.05, 4.69) is 10.1 Å². The third kappa shape index (κ3) is 3.88. The van der Waals surface area contributed by atoms with Crippen molar-refractivity contribution in [2.24, 2.45) is 0 Å². The number of carboxylic acid groups (broad SMARTS) is 1. The minimum atomic E-state index is -1.09. The summed E-state index contributed by atoms with van der Waals surface area (Å²) in [5.41, 5.74) is 1.08. The predicted octanol–water partition coefficient (Wildman–Crippen LogP) is 1.43. The fraction of sp³-hybridized carbons (Fsp3) is 0.412. The molecule has 1 unspecified atom stereocenters. The molecule has 0 aliphatic carbocycles. The van der Waals surface area contributed by atoms with Crippen molar-refractivity contribution in [3.05, 3.63) is 35.5 Å². The molecule has 0 bridgehead atoms. The first-order valence-corrected chi connectivity index (χ1v) is 8.15. The van der Waals surface area contributed by atoms with E-state index in [1.54, 1.807) is 19.1 Å². The Balaban J connectivity index is 1.63. The highest BCUT2D eigenvalue weighted by atomic mass is 19.1. The van der Waals surface area contributed by atoms with Gasteiger partial charge in [0.15, 0.2) is 6.04 Å². The van der Waals surface area contributed by atoms with E-state index in [1.165, 1.54) is 11.0 Å². The van der Waals surface area contributed by atoms with E-state index in [0.717, 1.165) is 0 Å². The summed E-state index contributed by atoms with van der Waals surface area (Å²) < 4.78 is 23.6. The Kier molecular flexibility index (Phi) is 5.27. The van der Waals surface area contributed by atoms with Gasteiger partial charge in [-0.05, 0) is 30.7 Å². The number of aliphatic carboxylic acids is 1. The highest BCUT2D eigenvalue weighted by Gasteiger charge is 2.32. The number of hydrogen-bond donors (Lipinski definition) is 1. The van der Waals surface area contributed by atoms with E-state index < -0.39 is 12.0 Å². The fourth-order valence-electron chi connectivity index (χ4n) is 2.72. The maximum absolute atomic E-state index is 13.3. The summed E-state index contributed by atoms with van der Waals surface area (Å²) in [6.45, 7) is 2.17. The lowest BCUT2D eigenvalue weighted by molar-refractivity contribution is -0.158. The van der Waals surface area contributed by atoms with Crippen molar-refractivity contribution in [2.75, 3.05) is 19.8 Å². The van der Waals surface area contributed by atoms with Gasteiger partial charge in [-0.2, -0.15) is 4.98 Å². The van der Waals surface area contributed by atoms with Crippen LogP contribution in [0.15, 0.2) is 22.7 Å². The zero-order chi connectivity index (χ0) is 18.7. The number of aromatic nitrogens is 2. The molecule has 9 heteroatoms. The van der Waals surface area contributed by atoms with Gasteiger partial charge in [0.05, 0.1) is 13.2 Å². The number of carbonyl (C=O) groups is 2. The SMILES string of the molecule is Cc1cc(-c2noc(CCC(=O)N3CCOCC3C(=O)O)n2)ccc1F. The highest BCUT2D eigenvalue weighted by Crippen LogP contribution is 2.19. The maximum Gasteiger partial charge on any atom is 0.328 e. The molecule has 1 saturated heterocycles. The van der Waals surface area contributed by atoms with E-state index in [0.29, 0.717) is 23.6 Å². The highest BCUT2D eigenvalue weighted by molar-refractivity contribution is 5.84. The zero-order valence-electron chi connectivity index (χ0n) is 14.1. The Morgan fingerprint density at radius 2 is 2.23 bits per heavy atom. The summed E-state index contributed by atoms with van der Waals surface area (Å²) in [6.07, 6.45) is 0.240. The van der Waals surface area contributed by atoms with Gasteiger partial charge in [-0.25, -0.2) is 9.18 Å². The molecule has 1 fully saturated rings. The Hall–Kier alpha value is -2.81. The molecule has 1 N–H and O–H groups in total. The Bertz CT molecular complexity index is 822. The van der Waals surface area contributed by atoms with Crippen LogP contribution in [0.25, 0.3) is 11.4 Å². The lowest BCUT2D eigenvalue weighted by atomic mass is 10.1. The van der Waals surface area contributed by atoms with E-state index >= 15 is 0 Å². The van der Waals surface area contributed by atoms with Crippen molar-refractivity contribution >= 4 is 11.9 Å². The normalized spacial score (nSPS) is 17.3. The molecule has 8 nitrogen and oxygen atoms in total. The number of hydrogen-bond acceptors (Lipinski definition) is 6. The third-order valence-electron chi connectivity index (χ3n) is 4.17. The van der Waals surface area contributed by atoms with Gasteiger partial charge in [-0.1, -0.05) is 5.16 Å². The van der Waals surface area contributed by atoms with Crippen LogP contribution in [0.2, 0.25) is 0 Å². The minimum absolute atomic E-state index is 0.0182. The van der Waals surface area contributed by atoms with Crippen LogP contribution in [-0.4, -0.2) is 57.8 Å². The summed E-state index contributed by atoms with van der Waals surface area (Å²) in [5, 5.41) is 13.0. The van der Waals surface area contributed by atoms with Crippen LogP contribution in [0.3, 0.4) is 0 Å². The average Bonchev–Trinajstić information content (AvgIpc) is 3.11. The van der Waals surface area contributed by atoms with Crippen molar-refractivity contribution in [3.63, 3.8) is 0 Å². The van der Waals surface area contributed by atoms with Crippen molar-refractivity contribution in [2.45, 2.75) is 25.8 Å². The number of nitrogens with zero attached hydrogens (tertiary/aromatic N) is 3. The Morgan fingerprint density at radius 3 is 2.96 bits per heavy atom. The second-order valence-electron chi connectivity index (χ2n) is 5.99. The topological polar surface area (TPSA) is 106 Å². The molecular formula is C17H18FN3O5. The van der Waals surface area contributed by atoms with Crippen LogP contribution >= 0.6 is 0 Å². The molecule has 1 atom stereocenters. The molecule has 0 spiro atoms. The van der Waals surface area contributed by atoms with Gasteiger partial charge >= 0.3 is 5.97 Å². The number of amides is 1. The monoisotopic (exact) mass is 363 g/mol. The number of morpholine rings is 1. The average molecular weight is 363 g/mol. The summed E-state index contributed by atoms with van der Waals surface area (Å²) in [7, 11) is 0. The van der Waals surface area contributed by atoms with E-state index in [4.69, 9.17) is 9.26 Å². The van der Waals surface area contributed by atoms with Crippen molar-refractivity contribution in [1.82, 2.24) is 15.0 Å². The smallest absolute Gasteiger partial charge is 0.328 e. The van der Waals surface area contributed by atoms with Gasteiger partial charge in [-0.15, -0.1) is 0 Å². The van der Waals surface area contributed by atoms with Crippen LogP contribution < -0.4 is 0 Å². The molecule has 1 aromatic heterocycles. The van der Waals surface area contributed by atoms with Crippen LogP contribution in [-0.2, 0) is 20.7 Å². The molecule has 3 rings (SSSR count). The standard InChI is InChI=1S/C17H18FN3O5/c1-10-8-11(2-3-12(10)18)16-19-14(26-20-16)4-5-15(22)21-6-7-25-9-13(21)17(23)24/h2-3,8,13H,4-7,9H2,1H3,(H,23,24). The molecule has 1 aromatic carbocycles. The zero-order valence-corrected chi connectivity index (χ0v) is 14.1. The molecule has 0 saturated carbocycles. The second-order valence-corrected chi connectivity index (χ2v) is 5.99. The summed E-state index contributed by atoms with van der Waals surface area (Å²) in [6, 6.07) is 3.51. The summed E-state index contributed by atoms with van der Waals surface area (Å²) in [5.74, 6) is -1.15. The van der Waals surface area contributed by atoms with Crippen LogP contribution in [0.1, 0.15) is 17.9 Å². The first-order valence-electron chi connectivity index (χ1n) is 8.15. The number of carbonyl (C=O) groups excluding carboxylic acids is 1. The molecule has 1 aliphatic heterocycles. The lowest BCUT2D eigenvalue weighted by Crippen LogP contribution is -2.52. The Morgan fingerprint density at radius 1 is 1.42 bits per heavy atom. The third-order valence-corrected chi connectivity index (χ3v) is 4.17. The number of rotatable bonds is 5. The molecule has 138 valence electrons. The van der Waals surface area contributed by atoms with Gasteiger partial charge in [0, 0.05) is 24.9 Å². The van der Waals surface area contributed by atoms with E-state index in [9.17, 15) is 19.1 Å². The van der Waals surface area contributed by atoms with Crippen LogP contribution in [0, 0.1) is 12.7 Å². The van der Waals surface area contributed by atoms with Crippen molar-refractivity contribution < 1.29 is 28.3 Å². The largest absolute Gasteiger partial charge is 0.480 e. The quantitative estimate of drug-likeness (QED) is 0.856. The molecular weight excluding hydrogens is 345 g/mol. The van der Waals surface area contributed by atoms with Crippen molar-refractivity contribution in [3.8, 4) is 11.4 Å². The number of ether oxygens (including phenoxy) is 1. The van der Waals surface area contributed by atoms with Gasteiger partial charge in [0.1, 0.15) is 5.82 Å². The van der Waals surface area contributed by atoms with Gasteiger partial charge in [-0.3, -0.25) is 4.79 Å². The molecule has 2 heterocycles. The summed E-state index contributed by atoms with van der Waals surface area (Å²) in [4.78, 5) is 29.0. The Labute approximate surface area is 148 Å². The fourth-order valence-corrected chi connectivity index (χ4v) is 2.72. The number of aryl methyl sites for hydroxylation is 2. The lowest BCUT2D eigenvalue weighted by Gasteiger charge is -2.32. The minimum Gasteiger partial charge on any atom is -0.480 e. The predicted molar refractivity (Wildman–Crippen MR) is 86.7 cm³/mol. The van der Waals surface area contributed by atoms with E-state index in [1.807, 2.05) is 0 Å². The molecule has 2 aromatic rings. The summed E-state index contributed by atoms with van der Waals surface area (Å²) >= 11 is 0. The van der Waals surface area contributed by atoms with Crippen LogP contribution in [0.4, 0.5) is 4.39 Å². The maximum atomic E-state index is 13.3. The van der Waals surface area contributed by atoms with Gasteiger partial charge in [0.2, 0.25) is 17.6 Å².